The number of carbonyl (C=O) groups is 1. The highest BCUT2D eigenvalue weighted by molar-refractivity contribution is 5.96. The summed E-state index contributed by atoms with van der Waals surface area (Å²) >= 11 is 0. The molecule has 0 fully saturated rings. The molecule has 0 radical (unpaired) electrons. The lowest BCUT2D eigenvalue weighted by Gasteiger charge is -2.19. The highest BCUT2D eigenvalue weighted by atomic mass is 19.4. The first-order chi connectivity index (χ1) is 18.2. The number of ether oxygens (including phenoxy) is 1. The van der Waals surface area contributed by atoms with Gasteiger partial charge in [-0.3, -0.25) is 9.78 Å². The number of alkyl halides is 3. The summed E-state index contributed by atoms with van der Waals surface area (Å²) < 4.78 is 48.6. The van der Waals surface area contributed by atoms with Crippen LogP contribution < -0.4 is 15.4 Å². The second kappa shape index (κ2) is 10.5. The monoisotopic (exact) mass is 542 g/mol. The zero-order chi connectivity index (χ0) is 28.5. The number of halogens is 3. The number of pyridine rings is 3. The van der Waals surface area contributed by atoms with Crippen LogP contribution in [0.3, 0.4) is 0 Å². The van der Waals surface area contributed by atoms with Crippen molar-refractivity contribution in [3.05, 3.63) is 65.7 Å². The number of nitrogens with one attached hydrogen (secondary N) is 2. The molecule has 4 heterocycles. The molecule has 0 saturated carbocycles. The van der Waals surface area contributed by atoms with Crippen LogP contribution in [0.25, 0.3) is 16.6 Å². The van der Waals surface area contributed by atoms with E-state index in [0.717, 1.165) is 29.1 Å². The van der Waals surface area contributed by atoms with Crippen molar-refractivity contribution in [1.82, 2.24) is 24.9 Å². The number of carbonyl (C=O) groups excluding carboxylic acids is 1. The quantitative estimate of drug-likeness (QED) is 0.282. The highest BCUT2D eigenvalue weighted by Crippen LogP contribution is 2.34. The molecule has 39 heavy (non-hydrogen) atoms. The fraction of sp³-hybridized carbons (Fsp3) is 0.333. The third-order valence-electron chi connectivity index (χ3n) is 5.49. The number of aryl methyl sites for hydroxylation is 1. The van der Waals surface area contributed by atoms with Crippen molar-refractivity contribution in [2.45, 2.75) is 52.4 Å². The Hall–Kier alpha value is -4.19. The van der Waals surface area contributed by atoms with E-state index in [1.165, 1.54) is 0 Å². The number of aromatic nitrogens is 4. The Morgan fingerprint density at radius 2 is 1.85 bits per heavy atom. The average molecular weight is 543 g/mol. The van der Waals surface area contributed by atoms with Crippen LogP contribution >= 0.6 is 0 Å². The van der Waals surface area contributed by atoms with Gasteiger partial charge in [-0.05, 0) is 64.4 Å². The van der Waals surface area contributed by atoms with Gasteiger partial charge in [-0.1, -0.05) is 0 Å². The van der Waals surface area contributed by atoms with Gasteiger partial charge in [0, 0.05) is 35.8 Å². The molecule has 0 aliphatic rings. The van der Waals surface area contributed by atoms with Gasteiger partial charge in [0.1, 0.15) is 18.2 Å². The smallest absolute Gasteiger partial charge is 0.417 e. The number of amides is 1. The molecule has 4 rings (SSSR count). The molecule has 0 unspecified atom stereocenters. The summed E-state index contributed by atoms with van der Waals surface area (Å²) in [5, 5.41) is 19.7. The average Bonchev–Trinajstić information content (AvgIpc) is 3.23. The lowest BCUT2D eigenvalue weighted by molar-refractivity contribution is -0.138. The van der Waals surface area contributed by atoms with Gasteiger partial charge < -0.3 is 20.5 Å². The standard InChI is InChI=1S/C27H29F3N6O3/c1-15(2)33-25(37)20-12-32-23(11-21(20)27(28,29)30)34-24-10-18-9-17(6-7-36(18)35-24)19-8-16(3)31-13-22(19)39-14-26(4,5)38/h6-13,15,38H,14H2,1-5H3,(H,33,37)(H,32,34,35). The van der Waals surface area contributed by atoms with Crippen molar-refractivity contribution in [3.8, 4) is 16.9 Å². The molecule has 1 amide bonds. The van der Waals surface area contributed by atoms with Gasteiger partial charge in [-0.2, -0.15) is 18.3 Å². The van der Waals surface area contributed by atoms with Gasteiger partial charge >= 0.3 is 6.18 Å². The number of rotatable bonds is 8. The number of hydrogen-bond donors (Lipinski definition) is 3. The molecular weight excluding hydrogens is 513 g/mol. The minimum Gasteiger partial charge on any atom is -0.488 e. The molecule has 9 nitrogen and oxygen atoms in total. The fourth-order valence-corrected chi connectivity index (χ4v) is 3.78. The molecule has 0 atom stereocenters. The lowest BCUT2D eigenvalue weighted by Crippen LogP contribution is -2.32. The Morgan fingerprint density at radius 3 is 2.51 bits per heavy atom. The summed E-state index contributed by atoms with van der Waals surface area (Å²) in [4.78, 5) is 20.6. The number of hydrogen-bond acceptors (Lipinski definition) is 7. The molecule has 0 bridgehead atoms. The molecule has 206 valence electrons. The molecule has 0 aliphatic carbocycles. The maximum Gasteiger partial charge on any atom is 0.417 e. The first-order valence-corrected chi connectivity index (χ1v) is 12.2. The van der Waals surface area contributed by atoms with Crippen molar-refractivity contribution in [2.24, 2.45) is 0 Å². The summed E-state index contributed by atoms with van der Waals surface area (Å²) in [6.07, 6.45) is -0.555. The minimum absolute atomic E-state index is 0.0680. The van der Waals surface area contributed by atoms with E-state index >= 15 is 0 Å². The van der Waals surface area contributed by atoms with Gasteiger partial charge in [0.2, 0.25) is 0 Å². The third-order valence-corrected chi connectivity index (χ3v) is 5.49. The number of anilines is 2. The highest BCUT2D eigenvalue weighted by Gasteiger charge is 2.36. The molecule has 4 aromatic heterocycles. The largest absolute Gasteiger partial charge is 0.488 e. The maximum absolute atomic E-state index is 13.7. The van der Waals surface area contributed by atoms with E-state index in [4.69, 9.17) is 4.74 Å². The Balaban J connectivity index is 1.64. The Bertz CT molecular complexity index is 1510. The number of fused-ring (bicyclic) bond motifs is 1. The summed E-state index contributed by atoms with van der Waals surface area (Å²) in [6.45, 7) is 8.51. The van der Waals surface area contributed by atoms with Gasteiger partial charge in [-0.15, -0.1) is 0 Å². The molecule has 12 heteroatoms. The second-order valence-electron chi connectivity index (χ2n) is 10.1. The van der Waals surface area contributed by atoms with Crippen LogP contribution in [0.5, 0.6) is 5.75 Å². The predicted octanol–water partition coefficient (Wildman–Crippen LogP) is 5.15. The van der Waals surface area contributed by atoms with Crippen LogP contribution in [0.15, 0.2) is 48.9 Å². The van der Waals surface area contributed by atoms with Crippen LogP contribution in [-0.4, -0.2) is 48.8 Å². The molecule has 0 aromatic carbocycles. The van der Waals surface area contributed by atoms with Crippen LogP contribution in [0.2, 0.25) is 0 Å². The fourth-order valence-electron chi connectivity index (χ4n) is 3.78. The van der Waals surface area contributed by atoms with E-state index < -0.39 is 28.8 Å². The van der Waals surface area contributed by atoms with Crippen LogP contribution in [0.4, 0.5) is 24.8 Å². The van der Waals surface area contributed by atoms with E-state index in [1.807, 2.05) is 25.1 Å². The van der Waals surface area contributed by atoms with Crippen LogP contribution in [0, 0.1) is 6.92 Å². The van der Waals surface area contributed by atoms with E-state index in [-0.39, 0.29) is 24.3 Å². The third kappa shape index (κ3) is 6.82. The molecule has 4 aromatic rings. The molecule has 0 spiro atoms. The summed E-state index contributed by atoms with van der Waals surface area (Å²) in [5.41, 5.74) is 0.289. The van der Waals surface area contributed by atoms with E-state index in [9.17, 15) is 23.1 Å². The lowest BCUT2D eigenvalue weighted by atomic mass is 10.1. The Morgan fingerprint density at radius 1 is 1.10 bits per heavy atom. The zero-order valence-corrected chi connectivity index (χ0v) is 22.1. The van der Waals surface area contributed by atoms with Gasteiger partial charge in [0.15, 0.2) is 5.82 Å². The van der Waals surface area contributed by atoms with E-state index in [1.54, 1.807) is 50.7 Å². The molecule has 3 N–H and O–H groups in total. The summed E-state index contributed by atoms with van der Waals surface area (Å²) in [5.74, 6) is -0.208. The Kier molecular flexibility index (Phi) is 7.51. The molecule has 0 saturated heterocycles. The first-order valence-electron chi connectivity index (χ1n) is 12.2. The van der Waals surface area contributed by atoms with Gasteiger partial charge in [0.25, 0.3) is 5.91 Å². The normalized spacial score (nSPS) is 12.2. The van der Waals surface area contributed by atoms with Crippen molar-refractivity contribution in [1.29, 1.82) is 0 Å². The van der Waals surface area contributed by atoms with Crippen molar-refractivity contribution in [2.75, 3.05) is 11.9 Å². The molecule has 0 aliphatic heterocycles. The van der Waals surface area contributed by atoms with Gasteiger partial charge in [-0.25, -0.2) is 9.50 Å². The van der Waals surface area contributed by atoms with E-state index in [0.29, 0.717) is 11.3 Å². The van der Waals surface area contributed by atoms with Crippen molar-refractivity contribution < 1.29 is 27.8 Å². The number of aliphatic hydroxyl groups is 1. The Labute approximate surface area is 223 Å². The topological polar surface area (TPSA) is 114 Å². The summed E-state index contributed by atoms with van der Waals surface area (Å²) in [6, 6.07) is 7.63. The summed E-state index contributed by atoms with van der Waals surface area (Å²) in [7, 11) is 0. The predicted molar refractivity (Wildman–Crippen MR) is 140 cm³/mol. The van der Waals surface area contributed by atoms with Crippen molar-refractivity contribution in [3.63, 3.8) is 0 Å². The van der Waals surface area contributed by atoms with Gasteiger partial charge in [0.05, 0.1) is 28.4 Å². The SMILES string of the molecule is Cc1cc(-c2ccn3nc(Nc4cc(C(F)(F)F)c(C(=O)NC(C)C)cn4)cc3c2)c(OCC(C)(C)O)cn1. The molecular formula is C27H29F3N6O3. The van der Waals surface area contributed by atoms with Crippen LogP contribution in [0.1, 0.15) is 49.3 Å². The zero-order valence-electron chi connectivity index (χ0n) is 22.1. The van der Waals surface area contributed by atoms with E-state index in [2.05, 4.69) is 25.7 Å². The maximum atomic E-state index is 13.7. The minimum atomic E-state index is -4.76. The van der Waals surface area contributed by atoms with Crippen LogP contribution in [-0.2, 0) is 6.18 Å². The number of nitrogens with zero attached hydrogens (tertiary/aromatic N) is 4. The second-order valence-corrected chi connectivity index (χ2v) is 10.1. The van der Waals surface area contributed by atoms with Crippen molar-refractivity contribution >= 4 is 23.1 Å². The first kappa shape index (κ1) is 27.8.